The van der Waals surface area contributed by atoms with E-state index in [4.69, 9.17) is 0 Å². The van der Waals surface area contributed by atoms with Gasteiger partial charge >= 0.3 is 5.91 Å². The summed E-state index contributed by atoms with van der Waals surface area (Å²) in [5.74, 6) is -0.245. The maximum Gasteiger partial charge on any atom is 0.424 e. The first-order valence-electron chi connectivity index (χ1n) is 5.48. The van der Waals surface area contributed by atoms with Crippen LogP contribution in [0.15, 0.2) is 54.6 Å². The van der Waals surface area contributed by atoms with Crippen molar-refractivity contribution in [2.75, 3.05) is 0 Å². The van der Waals surface area contributed by atoms with E-state index in [1.165, 1.54) is 4.58 Å². The van der Waals surface area contributed by atoms with Gasteiger partial charge in [-0.25, -0.2) is 4.79 Å². The summed E-state index contributed by atoms with van der Waals surface area (Å²) in [5, 5.41) is 0. The van der Waals surface area contributed by atoms with Gasteiger partial charge in [-0.3, -0.25) is 4.79 Å². The number of carbonyl (C=O) groups excluding carboxylic acids is 2. The van der Waals surface area contributed by atoms with E-state index in [2.05, 4.69) is 6.72 Å². The van der Waals surface area contributed by atoms with Gasteiger partial charge in [0.2, 0.25) is 5.69 Å². The molecule has 0 saturated carbocycles. The molecule has 0 heterocycles. The largest absolute Gasteiger partial charge is 0.424 e. The third kappa shape index (κ3) is 2.25. The van der Waals surface area contributed by atoms with Crippen LogP contribution < -0.4 is 0 Å². The first-order chi connectivity index (χ1) is 8.74. The minimum atomic E-state index is -0.245. The fraction of sp³-hybridized carbons (Fsp3) is 0. The van der Waals surface area contributed by atoms with Crippen LogP contribution in [0.25, 0.3) is 0 Å². The Morgan fingerprint density at radius 2 is 1.61 bits per heavy atom. The van der Waals surface area contributed by atoms with Gasteiger partial charge in [-0.2, -0.15) is 0 Å². The molecule has 0 fully saturated rings. The SMILES string of the molecule is C=[N+](C(=O)c1ccccc1)c1ccccc1C=O. The Morgan fingerprint density at radius 3 is 2.28 bits per heavy atom. The minimum absolute atomic E-state index is 0.245. The predicted molar refractivity (Wildman–Crippen MR) is 69.6 cm³/mol. The predicted octanol–water partition coefficient (Wildman–Crippen LogP) is 2.68. The van der Waals surface area contributed by atoms with Gasteiger partial charge in [0.1, 0.15) is 6.72 Å². The standard InChI is InChI=1S/C15H12NO2/c1-16(14-10-6-5-9-13(14)11-17)15(18)12-7-3-2-4-8-12/h2-11H,1H2/q+1. The van der Waals surface area contributed by atoms with Crippen LogP contribution in [0.4, 0.5) is 5.69 Å². The Balaban J connectivity index is 2.38. The summed E-state index contributed by atoms with van der Waals surface area (Å²) >= 11 is 0. The van der Waals surface area contributed by atoms with Crippen LogP contribution in [0.3, 0.4) is 0 Å². The van der Waals surface area contributed by atoms with Crippen LogP contribution in [0.5, 0.6) is 0 Å². The lowest BCUT2D eigenvalue weighted by Crippen LogP contribution is -2.15. The zero-order valence-electron chi connectivity index (χ0n) is 9.74. The van der Waals surface area contributed by atoms with Crippen molar-refractivity contribution in [2.45, 2.75) is 0 Å². The molecule has 0 unspecified atom stereocenters. The van der Waals surface area contributed by atoms with E-state index in [-0.39, 0.29) is 5.91 Å². The molecule has 1 amide bonds. The van der Waals surface area contributed by atoms with Gasteiger partial charge in [0.05, 0.1) is 11.1 Å². The molecule has 3 heteroatoms. The topological polar surface area (TPSA) is 37.1 Å². The van der Waals surface area contributed by atoms with Crippen molar-refractivity contribution in [1.29, 1.82) is 0 Å². The van der Waals surface area contributed by atoms with Crippen LogP contribution >= 0.6 is 0 Å². The number of benzene rings is 2. The molecule has 3 nitrogen and oxygen atoms in total. The zero-order chi connectivity index (χ0) is 13.0. The fourth-order valence-corrected chi connectivity index (χ4v) is 1.68. The van der Waals surface area contributed by atoms with E-state index in [9.17, 15) is 9.59 Å². The van der Waals surface area contributed by atoms with Crippen LogP contribution in [0.2, 0.25) is 0 Å². The quantitative estimate of drug-likeness (QED) is 0.468. The van der Waals surface area contributed by atoms with Gasteiger partial charge in [-0.05, 0) is 18.2 Å². The summed E-state index contributed by atoms with van der Waals surface area (Å²) < 4.78 is 1.24. The molecule has 0 aliphatic heterocycles. The maximum atomic E-state index is 12.2. The number of para-hydroxylation sites is 1. The molecule has 0 aromatic heterocycles. The molecule has 0 N–H and O–H groups in total. The number of nitrogens with zero attached hydrogens (tertiary/aromatic N) is 1. The molecular weight excluding hydrogens is 226 g/mol. The molecule has 0 saturated heterocycles. The highest BCUT2D eigenvalue weighted by Crippen LogP contribution is 2.17. The minimum Gasteiger partial charge on any atom is -0.298 e. The van der Waals surface area contributed by atoms with Crippen molar-refractivity contribution in [1.82, 2.24) is 0 Å². The van der Waals surface area contributed by atoms with Crippen LogP contribution in [-0.4, -0.2) is 23.5 Å². The number of carbonyl (C=O) groups is 2. The summed E-state index contributed by atoms with van der Waals surface area (Å²) in [6.45, 7) is 3.72. The molecule has 0 bridgehead atoms. The first-order valence-corrected chi connectivity index (χ1v) is 5.48. The molecule has 0 aliphatic carbocycles. The van der Waals surface area contributed by atoms with Crippen molar-refractivity contribution in [3.8, 4) is 0 Å². The van der Waals surface area contributed by atoms with Crippen molar-refractivity contribution in [3.63, 3.8) is 0 Å². The number of hydrogen-bond acceptors (Lipinski definition) is 2. The summed E-state index contributed by atoms with van der Waals surface area (Å²) in [6.07, 6.45) is 0.714. The van der Waals surface area contributed by atoms with Crippen molar-refractivity contribution < 1.29 is 14.2 Å². The highest BCUT2D eigenvalue weighted by molar-refractivity contribution is 5.92. The summed E-state index contributed by atoms with van der Waals surface area (Å²) in [4.78, 5) is 23.1. The second-order valence-electron chi connectivity index (χ2n) is 3.78. The number of aldehydes is 1. The van der Waals surface area contributed by atoms with Crippen LogP contribution in [0.1, 0.15) is 20.7 Å². The van der Waals surface area contributed by atoms with Gasteiger partial charge in [-0.15, -0.1) is 4.58 Å². The molecule has 0 radical (unpaired) electrons. The van der Waals surface area contributed by atoms with Gasteiger partial charge in [0, 0.05) is 6.07 Å². The van der Waals surface area contributed by atoms with E-state index in [1.807, 2.05) is 6.07 Å². The molecular formula is C15H12NO2+. The van der Waals surface area contributed by atoms with Crippen LogP contribution in [0, 0.1) is 0 Å². The highest BCUT2D eigenvalue weighted by Gasteiger charge is 2.22. The molecule has 0 spiro atoms. The Morgan fingerprint density at radius 1 is 1.00 bits per heavy atom. The van der Waals surface area contributed by atoms with Crippen LogP contribution in [-0.2, 0) is 0 Å². The van der Waals surface area contributed by atoms with E-state index in [0.29, 0.717) is 23.1 Å². The van der Waals surface area contributed by atoms with E-state index >= 15 is 0 Å². The van der Waals surface area contributed by atoms with Gasteiger partial charge < -0.3 is 0 Å². The average Bonchev–Trinajstić information content (AvgIpc) is 2.46. The molecule has 88 valence electrons. The van der Waals surface area contributed by atoms with Gasteiger partial charge in [-0.1, -0.05) is 30.3 Å². The lowest BCUT2D eigenvalue weighted by atomic mass is 10.1. The normalized spacial score (nSPS) is 9.78. The lowest BCUT2D eigenvalue weighted by molar-refractivity contribution is -0.325. The Labute approximate surface area is 105 Å². The van der Waals surface area contributed by atoms with Gasteiger partial charge in [0.15, 0.2) is 6.29 Å². The summed E-state index contributed by atoms with van der Waals surface area (Å²) in [6, 6.07) is 15.7. The fourth-order valence-electron chi connectivity index (χ4n) is 1.68. The highest BCUT2D eigenvalue weighted by atomic mass is 16.2. The van der Waals surface area contributed by atoms with Crippen molar-refractivity contribution in [2.24, 2.45) is 0 Å². The monoisotopic (exact) mass is 238 g/mol. The lowest BCUT2D eigenvalue weighted by Gasteiger charge is -2.01. The summed E-state index contributed by atoms with van der Waals surface area (Å²) in [7, 11) is 0. The second kappa shape index (κ2) is 5.19. The molecule has 2 rings (SSSR count). The Bertz CT molecular complexity index is 603. The molecule has 2 aromatic rings. The molecule has 18 heavy (non-hydrogen) atoms. The molecule has 0 atom stereocenters. The number of amides is 1. The third-order valence-corrected chi connectivity index (χ3v) is 2.62. The van der Waals surface area contributed by atoms with Crippen molar-refractivity contribution in [3.05, 3.63) is 65.7 Å². The molecule has 0 aliphatic rings. The van der Waals surface area contributed by atoms with E-state index in [0.717, 1.165) is 0 Å². The summed E-state index contributed by atoms with van der Waals surface area (Å²) in [5.41, 5.74) is 1.48. The van der Waals surface area contributed by atoms with Gasteiger partial charge in [0.25, 0.3) is 0 Å². The smallest absolute Gasteiger partial charge is 0.298 e. The number of hydrogen-bond donors (Lipinski definition) is 0. The Hall–Kier alpha value is -2.55. The van der Waals surface area contributed by atoms with E-state index in [1.54, 1.807) is 48.5 Å². The molecule has 2 aromatic carbocycles. The zero-order valence-corrected chi connectivity index (χ0v) is 9.74. The van der Waals surface area contributed by atoms with Crippen molar-refractivity contribution >= 4 is 24.6 Å². The number of rotatable bonds is 3. The van der Waals surface area contributed by atoms with E-state index < -0.39 is 0 Å². The Kier molecular flexibility index (Phi) is 3.44. The average molecular weight is 238 g/mol. The maximum absolute atomic E-state index is 12.2. The first kappa shape index (κ1) is 11.9. The third-order valence-electron chi connectivity index (χ3n) is 2.62. The second-order valence-corrected chi connectivity index (χ2v) is 3.78.